The number of benzene rings is 2. The highest BCUT2D eigenvalue weighted by Crippen LogP contribution is 2.34. The number of ether oxygens (including phenoxy) is 3. The predicted octanol–water partition coefficient (Wildman–Crippen LogP) is 3.66. The van der Waals surface area contributed by atoms with E-state index in [2.05, 4.69) is 15.2 Å². The van der Waals surface area contributed by atoms with Gasteiger partial charge in [0.2, 0.25) is 0 Å². The largest absolute Gasteiger partial charge is 0.497 e. The van der Waals surface area contributed by atoms with Gasteiger partial charge >= 0.3 is 0 Å². The van der Waals surface area contributed by atoms with Crippen molar-refractivity contribution in [1.29, 1.82) is 0 Å². The fourth-order valence-electron chi connectivity index (χ4n) is 3.60. The van der Waals surface area contributed by atoms with Crippen LogP contribution in [0.1, 0.15) is 0 Å². The van der Waals surface area contributed by atoms with Crippen molar-refractivity contribution < 1.29 is 19.4 Å². The normalized spacial score (nSPS) is 11.6. The summed E-state index contributed by atoms with van der Waals surface area (Å²) < 4.78 is 17.8. The number of oxime groups is 1. The van der Waals surface area contributed by atoms with E-state index >= 15 is 0 Å². The average Bonchev–Trinajstić information content (AvgIpc) is 3.31. The minimum absolute atomic E-state index is 0.173. The predicted molar refractivity (Wildman–Crippen MR) is 129 cm³/mol. The topological polar surface area (TPSA) is 107 Å². The molecule has 0 saturated heterocycles. The molecule has 4 rings (SSSR count). The van der Waals surface area contributed by atoms with Crippen molar-refractivity contribution in [1.82, 2.24) is 19.7 Å². The summed E-state index contributed by atoms with van der Waals surface area (Å²) in [5.41, 5.74) is 5.12. The molecular formula is C24H26N6O4. The molecule has 0 saturated carbocycles. The first-order valence-electron chi connectivity index (χ1n) is 10.5. The summed E-state index contributed by atoms with van der Waals surface area (Å²) in [6.45, 7) is 0.439. The number of fused-ring (bicyclic) bond motifs is 1. The van der Waals surface area contributed by atoms with E-state index < -0.39 is 0 Å². The van der Waals surface area contributed by atoms with Crippen molar-refractivity contribution in [2.24, 2.45) is 12.2 Å². The molecule has 0 bridgehead atoms. The smallest absolute Gasteiger partial charge is 0.124 e. The van der Waals surface area contributed by atoms with Crippen molar-refractivity contribution in [2.45, 2.75) is 0 Å². The highest BCUT2D eigenvalue weighted by atomic mass is 16.5. The van der Waals surface area contributed by atoms with Gasteiger partial charge in [-0.1, -0.05) is 5.16 Å². The number of aryl methyl sites for hydroxylation is 1. The van der Waals surface area contributed by atoms with E-state index in [1.807, 2.05) is 48.5 Å². The van der Waals surface area contributed by atoms with E-state index in [1.165, 1.54) is 0 Å². The van der Waals surface area contributed by atoms with E-state index in [4.69, 9.17) is 19.2 Å². The summed E-state index contributed by atoms with van der Waals surface area (Å²) in [6.07, 6.45) is 5.38. The van der Waals surface area contributed by atoms with E-state index in [1.54, 1.807) is 44.5 Å². The van der Waals surface area contributed by atoms with Gasteiger partial charge in [-0.3, -0.25) is 9.67 Å². The first-order valence-corrected chi connectivity index (χ1v) is 10.5. The first kappa shape index (κ1) is 23.0. The molecule has 0 aliphatic rings. The molecule has 0 atom stereocenters. The van der Waals surface area contributed by atoms with Gasteiger partial charge < -0.3 is 24.3 Å². The zero-order valence-electron chi connectivity index (χ0n) is 19.5. The SMILES string of the molecule is COC/C(CN(c1cc(OC)cc(OC)c1)c1ccc2ncc(-c3cnn(C)c3)nc2c1)=N/O. The van der Waals surface area contributed by atoms with Gasteiger partial charge in [-0.2, -0.15) is 5.10 Å². The third kappa shape index (κ3) is 4.91. The van der Waals surface area contributed by atoms with Crippen LogP contribution in [0.2, 0.25) is 0 Å². The molecule has 34 heavy (non-hydrogen) atoms. The maximum atomic E-state index is 9.54. The molecule has 10 nitrogen and oxygen atoms in total. The Hall–Kier alpha value is -4.18. The summed E-state index contributed by atoms with van der Waals surface area (Å²) in [7, 11) is 6.60. The van der Waals surface area contributed by atoms with Crippen LogP contribution < -0.4 is 14.4 Å². The molecule has 2 aromatic carbocycles. The molecule has 0 aliphatic heterocycles. The zero-order chi connectivity index (χ0) is 24.1. The van der Waals surface area contributed by atoms with Gasteiger partial charge in [0, 0.05) is 55.5 Å². The highest BCUT2D eigenvalue weighted by molar-refractivity contribution is 5.92. The lowest BCUT2D eigenvalue weighted by atomic mass is 10.1. The standard InChI is InChI=1S/C24H26N6O4/c1-29-13-16(11-26-29)24-12-25-22-6-5-18(9-23(22)27-24)30(14-17(28-31)15-32-2)19-7-20(33-3)10-21(8-19)34-4/h5-13,31H,14-15H2,1-4H3/b28-17+. The van der Waals surface area contributed by atoms with Crippen LogP contribution in [0.5, 0.6) is 11.5 Å². The van der Waals surface area contributed by atoms with E-state index in [0.717, 1.165) is 28.1 Å². The quantitative estimate of drug-likeness (QED) is 0.228. The van der Waals surface area contributed by atoms with Crippen molar-refractivity contribution >= 4 is 28.1 Å². The Morgan fingerprint density at radius 3 is 2.38 bits per heavy atom. The Labute approximate surface area is 197 Å². The third-order valence-corrected chi connectivity index (χ3v) is 5.28. The Kier molecular flexibility index (Phi) is 6.88. The second kappa shape index (κ2) is 10.2. The molecule has 176 valence electrons. The van der Waals surface area contributed by atoms with Crippen molar-refractivity contribution in [2.75, 3.05) is 39.4 Å². The summed E-state index contributed by atoms with van der Waals surface area (Å²) in [4.78, 5) is 11.3. The van der Waals surface area contributed by atoms with Crippen LogP contribution in [0, 0.1) is 0 Å². The fraction of sp³-hybridized carbons (Fsp3) is 0.250. The summed E-state index contributed by atoms with van der Waals surface area (Å²) in [5.74, 6) is 1.26. The minimum atomic E-state index is 0.173. The maximum absolute atomic E-state index is 9.54. The molecule has 0 radical (unpaired) electrons. The lowest BCUT2D eigenvalue weighted by molar-refractivity contribution is 0.236. The Morgan fingerprint density at radius 1 is 1.00 bits per heavy atom. The van der Waals surface area contributed by atoms with Gasteiger partial charge in [0.25, 0.3) is 0 Å². The van der Waals surface area contributed by atoms with E-state index in [-0.39, 0.29) is 13.2 Å². The van der Waals surface area contributed by atoms with Crippen molar-refractivity contribution in [3.05, 3.63) is 55.0 Å². The van der Waals surface area contributed by atoms with Gasteiger partial charge in [-0.15, -0.1) is 0 Å². The average molecular weight is 463 g/mol. The molecule has 0 spiro atoms. The molecular weight excluding hydrogens is 436 g/mol. The molecule has 0 unspecified atom stereocenters. The summed E-state index contributed by atoms with van der Waals surface area (Å²) in [5, 5.41) is 17.2. The lowest BCUT2D eigenvalue weighted by Gasteiger charge is -2.26. The second-order valence-electron chi connectivity index (χ2n) is 7.59. The highest BCUT2D eigenvalue weighted by Gasteiger charge is 2.17. The molecule has 2 aromatic heterocycles. The number of anilines is 2. The van der Waals surface area contributed by atoms with Crippen molar-refractivity contribution in [3.8, 4) is 22.8 Å². The van der Waals surface area contributed by atoms with Crippen LogP contribution in [-0.2, 0) is 11.8 Å². The van der Waals surface area contributed by atoms with Crippen LogP contribution >= 0.6 is 0 Å². The van der Waals surface area contributed by atoms with Gasteiger partial charge in [0.1, 0.15) is 17.2 Å². The molecule has 0 aliphatic carbocycles. The molecule has 10 heteroatoms. The molecule has 1 N–H and O–H groups in total. The number of nitrogens with zero attached hydrogens (tertiary/aromatic N) is 6. The minimum Gasteiger partial charge on any atom is -0.497 e. The molecule has 4 aromatic rings. The van der Waals surface area contributed by atoms with Crippen LogP contribution in [0.15, 0.2) is 60.1 Å². The van der Waals surface area contributed by atoms with Crippen LogP contribution in [-0.4, -0.2) is 65.1 Å². The molecule has 2 heterocycles. The first-order chi connectivity index (χ1) is 16.5. The number of methoxy groups -OCH3 is 3. The third-order valence-electron chi connectivity index (χ3n) is 5.28. The Morgan fingerprint density at radius 2 is 1.76 bits per heavy atom. The van der Waals surface area contributed by atoms with Crippen molar-refractivity contribution in [3.63, 3.8) is 0 Å². The van der Waals surface area contributed by atoms with Gasteiger partial charge in [-0.25, -0.2) is 4.98 Å². The van der Waals surface area contributed by atoms with Crippen LogP contribution in [0.25, 0.3) is 22.3 Å². The molecule has 0 fully saturated rings. The Balaban J connectivity index is 1.82. The zero-order valence-corrected chi connectivity index (χ0v) is 19.5. The summed E-state index contributed by atoms with van der Waals surface area (Å²) >= 11 is 0. The number of hydrogen-bond acceptors (Lipinski definition) is 9. The van der Waals surface area contributed by atoms with Gasteiger partial charge in [-0.05, 0) is 18.2 Å². The number of rotatable bonds is 9. The second-order valence-corrected chi connectivity index (χ2v) is 7.59. The Bertz CT molecular complexity index is 1300. The lowest BCUT2D eigenvalue weighted by Crippen LogP contribution is -2.28. The molecule has 0 amide bonds. The monoisotopic (exact) mass is 462 g/mol. The summed E-state index contributed by atoms with van der Waals surface area (Å²) in [6, 6.07) is 11.3. The van der Waals surface area contributed by atoms with E-state index in [9.17, 15) is 5.21 Å². The number of aromatic nitrogens is 4. The van der Waals surface area contributed by atoms with E-state index in [0.29, 0.717) is 22.7 Å². The number of hydrogen-bond donors (Lipinski definition) is 1. The van der Waals surface area contributed by atoms with Crippen LogP contribution in [0.4, 0.5) is 11.4 Å². The van der Waals surface area contributed by atoms with Crippen LogP contribution in [0.3, 0.4) is 0 Å². The fourth-order valence-corrected chi connectivity index (χ4v) is 3.60. The van der Waals surface area contributed by atoms with Gasteiger partial charge in [0.15, 0.2) is 0 Å². The maximum Gasteiger partial charge on any atom is 0.124 e. The van der Waals surface area contributed by atoms with Gasteiger partial charge in [0.05, 0.1) is 56.5 Å².